The van der Waals surface area contributed by atoms with Crippen LogP contribution in [0.25, 0.3) is 0 Å². The molecule has 0 amide bonds. The molecule has 1 aliphatic rings. The number of nitrogens with one attached hydrogen (secondary N) is 3. The average molecular weight is 222 g/mol. The monoisotopic (exact) mass is 222 g/mol. The number of nitrogens with zero attached hydrogens (tertiary/aromatic N) is 1. The van der Waals surface area contributed by atoms with Crippen LogP contribution in [0.15, 0.2) is 10.9 Å². The molecule has 0 aliphatic carbocycles. The molecule has 5 heteroatoms. The van der Waals surface area contributed by atoms with Crippen LogP contribution in [0.1, 0.15) is 18.5 Å². The minimum absolute atomic E-state index is 0.100. The molecule has 5 nitrogen and oxygen atoms in total. The first-order valence-electron chi connectivity index (χ1n) is 5.76. The van der Waals surface area contributed by atoms with Gasteiger partial charge in [0, 0.05) is 18.3 Å². The minimum atomic E-state index is -0.100. The quantitative estimate of drug-likeness (QED) is 0.696. The van der Waals surface area contributed by atoms with Crippen molar-refractivity contribution in [3.8, 4) is 0 Å². The van der Waals surface area contributed by atoms with Crippen molar-refractivity contribution in [1.29, 1.82) is 0 Å². The van der Waals surface area contributed by atoms with Gasteiger partial charge in [0.15, 0.2) is 0 Å². The van der Waals surface area contributed by atoms with Gasteiger partial charge in [-0.2, -0.15) is 0 Å². The van der Waals surface area contributed by atoms with Gasteiger partial charge in [0.25, 0.3) is 5.56 Å². The maximum Gasteiger partial charge on any atom is 0.252 e. The lowest BCUT2D eigenvalue weighted by molar-refractivity contribution is 0.392. The van der Waals surface area contributed by atoms with Gasteiger partial charge in [-0.3, -0.25) is 9.78 Å². The number of aromatic amines is 1. The van der Waals surface area contributed by atoms with Gasteiger partial charge in [0.2, 0.25) is 5.95 Å². The molecular weight excluding hydrogens is 204 g/mol. The van der Waals surface area contributed by atoms with Crippen molar-refractivity contribution in [3.05, 3.63) is 22.1 Å². The van der Waals surface area contributed by atoms with Crippen LogP contribution in [-0.4, -0.2) is 29.6 Å². The predicted octanol–water partition coefficient (Wildman–Crippen LogP) is 0.490. The second-order valence-electron chi connectivity index (χ2n) is 4.33. The molecule has 2 rings (SSSR count). The number of aryl methyl sites for hydroxylation is 1. The zero-order valence-corrected chi connectivity index (χ0v) is 9.55. The van der Waals surface area contributed by atoms with E-state index in [4.69, 9.17) is 0 Å². The molecule has 1 unspecified atom stereocenters. The second kappa shape index (κ2) is 5.12. The first-order valence-corrected chi connectivity index (χ1v) is 5.76. The lowest BCUT2D eigenvalue weighted by Gasteiger charge is -2.22. The van der Waals surface area contributed by atoms with Crippen LogP contribution in [0.5, 0.6) is 0 Å². The van der Waals surface area contributed by atoms with Crippen LogP contribution in [0.3, 0.4) is 0 Å². The summed E-state index contributed by atoms with van der Waals surface area (Å²) in [7, 11) is 0. The van der Waals surface area contributed by atoms with E-state index in [9.17, 15) is 4.79 Å². The van der Waals surface area contributed by atoms with E-state index >= 15 is 0 Å². The fourth-order valence-corrected chi connectivity index (χ4v) is 2.00. The lowest BCUT2D eigenvalue weighted by atomic mass is 10.00. The van der Waals surface area contributed by atoms with E-state index in [1.165, 1.54) is 18.9 Å². The van der Waals surface area contributed by atoms with Crippen LogP contribution >= 0.6 is 0 Å². The summed E-state index contributed by atoms with van der Waals surface area (Å²) in [5.41, 5.74) is 0.643. The molecule has 88 valence electrons. The maximum absolute atomic E-state index is 11.2. The van der Waals surface area contributed by atoms with E-state index < -0.39 is 0 Å². The summed E-state index contributed by atoms with van der Waals surface area (Å²) >= 11 is 0. The normalized spacial score (nSPS) is 20.7. The lowest BCUT2D eigenvalue weighted by Crippen LogP contribution is -2.34. The van der Waals surface area contributed by atoms with Crippen LogP contribution < -0.4 is 16.2 Å². The van der Waals surface area contributed by atoms with Crippen LogP contribution in [0, 0.1) is 12.8 Å². The third-order valence-electron chi connectivity index (χ3n) is 2.83. The highest BCUT2D eigenvalue weighted by atomic mass is 16.1. The van der Waals surface area contributed by atoms with Gasteiger partial charge in [0.05, 0.1) is 0 Å². The van der Waals surface area contributed by atoms with Gasteiger partial charge >= 0.3 is 0 Å². The molecule has 0 saturated carbocycles. The smallest absolute Gasteiger partial charge is 0.252 e. The molecule has 1 aromatic heterocycles. The first-order chi connectivity index (χ1) is 7.74. The predicted molar refractivity (Wildman–Crippen MR) is 63.7 cm³/mol. The molecule has 3 N–H and O–H groups in total. The Morgan fingerprint density at radius 3 is 3.19 bits per heavy atom. The van der Waals surface area contributed by atoms with Crippen molar-refractivity contribution in [3.63, 3.8) is 0 Å². The average Bonchev–Trinajstić information content (AvgIpc) is 2.27. The summed E-state index contributed by atoms with van der Waals surface area (Å²) in [5, 5.41) is 6.55. The van der Waals surface area contributed by atoms with Crippen molar-refractivity contribution >= 4 is 5.95 Å². The molecule has 1 saturated heterocycles. The highest BCUT2D eigenvalue weighted by Crippen LogP contribution is 2.10. The van der Waals surface area contributed by atoms with E-state index in [1.807, 2.05) is 6.92 Å². The summed E-state index contributed by atoms with van der Waals surface area (Å²) in [6, 6.07) is 1.49. The number of piperidine rings is 1. The van der Waals surface area contributed by atoms with Gasteiger partial charge in [-0.05, 0) is 38.8 Å². The van der Waals surface area contributed by atoms with E-state index in [-0.39, 0.29) is 5.56 Å². The molecule has 1 atom stereocenters. The molecule has 2 heterocycles. The number of hydrogen-bond donors (Lipinski definition) is 3. The Bertz CT molecular complexity index is 395. The zero-order valence-electron chi connectivity index (χ0n) is 9.55. The SMILES string of the molecule is Cc1cc(=O)[nH]c(NCC2CCCNC2)n1. The summed E-state index contributed by atoms with van der Waals surface area (Å²) in [6.07, 6.45) is 2.46. The topological polar surface area (TPSA) is 69.8 Å². The number of aromatic nitrogens is 2. The van der Waals surface area contributed by atoms with E-state index in [0.717, 1.165) is 25.3 Å². The van der Waals surface area contributed by atoms with Gasteiger partial charge in [-0.25, -0.2) is 4.98 Å². The molecule has 0 aromatic carbocycles. The number of rotatable bonds is 3. The standard InChI is InChI=1S/C11H18N4O/c1-8-5-10(16)15-11(14-8)13-7-9-3-2-4-12-6-9/h5,9,12H,2-4,6-7H2,1H3,(H2,13,14,15,16). The number of anilines is 1. The highest BCUT2D eigenvalue weighted by Gasteiger charge is 2.12. The van der Waals surface area contributed by atoms with E-state index in [2.05, 4.69) is 20.6 Å². The van der Waals surface area contributed by atoms with E-state index in [1.54, 1.807) is 0 Å². The Hall–Kier alpha value is -1.36. The fourth-order valence-electron chi connectivity index (χ4n) is 2.00. The molecule has 16 heavy (non-hydrogen) atoms. The molecule has 0 bridgehead atoms. The molecule has 0 radical (unpaired) electrons. The Kier molecular flexibility index (Phi) is 3.56. The molecule has 1 aromatic rings. The van der Waals surface area contributed by atoms with Gasteiger partial charge in [-0.15, -0.1) is 0 Å². The van der Waals surface area contributed by atoms with Gasteiger partial charge in [0.1, 0.15) is 0 Å². The highest BCUT2D eigenvalue weighted by molar-refractivity contribution is 5.24. The molecule has 1 fully saturated rings. The van der Waals surface area contributed by atoms with Crippen molar-refractivity contribution in [1.82, 2.24) is 15.3 Å². The van der Waals surface area contributed by atoms with Crippen molar-refractivity contribution in [2.45, 2.75) is 19.8 Å². The molecular formula is C11H18N4O. The Morgan fingerprint density at radius 2 is 2.50 bits per heavy atom. The fraction of sp³-hybridized carbons (Fsp3) is 0.636. The third-order valence-corrected chi connectivity index (χ3v) is 2.83. The minimum Gasteiger partial charge on any atom is -0.355 e. The summed E-state index contributed by atoms with van der Waals surface area (Å²) in [6.45, 7) is 4.85. The summed E-state index contributed by atoms with van der Waals surface area (Å²) in [5.74, 6) is 1.20. The Morgan fingerprint density at radius 1 is 1.62 bits per heavy atom. The second-order valence-corrected chi connectivity index (χ2v) is 4.33. The molecule has 0 spiro atoms. The zero-order chi connectivity index (χ0) is 11.4. The number of H-pyrrole nitrogens is 1. The van der Waals surface area contributed by atoms with Crippen LogP contribution in [-0.2, 0) is 0 Å². The van der Waals surface area contributed by atoms with E-state index in [0.29, 0.717) is 11.9 Å². The Labute approximate surface area is 94.7 Å². The largest absolute Gasteiger partial charge is 0.355 e. The van der Waals surface area contributed by atoms with Gasteiger partial charge in [-0.1, -0.05) is 0 Å². The van der Waals surface area contributed by atoms with Crippen molar-refractivity contribution in [2.24, 2.45) is 5.92 Å². The van der Waals surface area contributed by atoms with Gasteiger partial charge < -0.3 is 10.6 Å². The van der Waals surface area contributed by atoms with Crippen LogP contribution in [0.4, 0.5) is 5.95 Å². The maximum atomic E-state index is 11.2. The van der Waals surface area contributed by atoms with Crippen LogP contribution in [0.2, 0.25) is 0 Å². The Balaban J connectivity index is 1.90. The van der Waals surface area contributed by atoms with Crippen molar-refractivity contribution in [2.75, 3.05) is 25.0 Å². The first kappa shape index (κ1) is 11.1. The summed E-state index contributed by atoms with van der Waals surface area (Å²) < 4.78 is 0. The number of hydrogen-bond acceptors (Lipinski definition) is 4. The molecule has 1 aliphatic heterocycles. The van der Waals surface area contributed by atoms with Crippen molar-refractivity contribution < 1.29 is 0 Å². The third kappa shape index (κ3) is 3.06. The summed E-state index contributed by atoms with van der Waals surface area (Å²) in [4.78, 5) is 18.1.